The average Bonchev–Trinajstić information content (AvgIpc) is 2.76. The molecule has 0 spiro atoms. The summed E-state index contributed by atoms with van der Waals surface area (Å²) in [5, 5.41) is 0. The maximum absolute atomic E-state index is 15.1. The van der Waals surface area contributed by atoms with Crippen molar-refractivity contribution in [1.29, 1.82) is 0 Å². The van der Waals surface area contributed by atoms with E-state index in [9.17, 15) is 8.78 Å². The Hall–Kier alpha value is -2.03. The van der Waals surface area contributed by atoms with E-state index >= 15 is 4.39 Å². The molecule has 0 amide bonds. The molecule has 2 aliphatic carbocycles. The van der Waals surface area contributed by atoms with Gasteiger partial charge in [0.1, 0.15) is 5.82 Å². The fourth-order valence-electron chi connectivity index (χ4n) is 5.29. The largest absolute Gasteiger partial charge is 0.206 e. The van der Waals surface area contributed by atoms with Crippen molar-refractivity contribution in [2.75, 3.05) is 0 Å². The van der Waals surface area contributed by atoms with Gasteiger partial charge in [-0.25, -0.2) is 13.2 Å². The summed E-state index contributed by atoms with van der Waals surface area (Å²) in [6, 6.07) is 7.17. The Morgan fingerprint density at radius 3 is 2.27 bits per heavy atom. The van der Waals surface area contributed by atoms with Gasteiger partial charge in [-0.1, -0.05) is 75.3 Å². The minimum atomic E-state index is -0.949. The number of allylic oxidation sites excluding steroid dienone is 1. The van der Waals surface area contributed by atoms with Gasteiger partial charge in [-0.3, -0.25) is 0 Å². The fourth-order valence-corrected chi connectivity index (χ4v) is 5.29. The molecule has 1 fully saturated rings. The molecule has 0 aromatic heterocycles. The Balaban J connectivity index is 1.42. The van der Waals surface area contributed by atoms with Gasteiger partial charge in [0.05, 0.1) is 0 Å². The first-order valence-electron chi connectivity index (χ1n) is 11.5. The summed E-state index contributed by atoms with van der Waals surface area (Å²) in [7, 11) is 0. The molecule has 0 nitrogen and oxygen atoms in total. The Kier molecular flexibility index (Phi) is 6.65. The molecule has 0 unspecified atom stereocenters. The molecule has 2 aromatic rings. The van der Waals surface area contributed by atoms with Gasteiger partial charge in [-0.05, 0) is 66.3 Å². The third kappa shape index (κ3) is 4.66. The van der Waals surface area contributed by atoms with Crippen LogP contribution in [0.2, 0.25) is 0 Å². The molecule has 0 atom stereocenters. The monoisotopic (exact) mass is 412 g/mol. The fraction of sp³-hybridized carbons (Fsp3) is 0.481. The minimum absolute atomic E-state index is 0.303. The summed E-state index contributed by atoms with van der Waals surface area (Å²) < 4.78 is 41.9. The molecular weight excluding hydrogens is 381 g/mol. The first-order chi connectivity index (χ1) is 14.5. The zero-order valence-electron chi connectivity index (χ0n) is 17.8. The number of halogens is 3. The summed E-state index contributed by atoms with van der Waals surface area (Å²) >= 11 is 0. The van der Waals surface area contributed by atoms with Gasteiger partial charge in [0, 0.05) is 5.56 Å². The summed E-state index contributed by atoms with van der Waals surface area (Å²) in [6.45, 7) is 2.28. The van der Waals surface area contributed by atoms with E-state index in [0.29, 0.717) is 23.1 Å². The minimum Gasteiger partial charge on any atom is -0.206 e. The first kappa shape index (κ1) is 21.2. The summed E-state index contributed by atoms with van der Waals surface area (Å²) in [5.74, 6) is -0.381. The van der Waals surface area contributed by atoms with Gasteiger partial charge in [0.25, 0.3) is 0 Å². The SMILES string of the molecule is CCCC1CCC(CCC2=Cc3ccc(-c4ccc(F)c(F)c4)c(F)c3CC2)CC1. The van der Waals surface area contributed by atoms with Crippen LogP contribution in [0.3, 0.4) is 0 Å². The van der Waals surface area contributed by atoms with Crippen molar-refractivity contribution in [3.05, 3.63) is 64.5 Å². The molecular formula is C27H31F3. The van der Waals surface area contributed by atoms with E-state index in [1.807, 2.05) is 6.07 Å². The quantitative estimate of drug-likeness (QED) is 0.446. The van der Waals surface area contributed by atoms with Crippen LogP contribution in [0.25, 0.3) is 17.2 Å². The standard InChI is InChI=1S/C27H31F3/c1-2-3-18-4-6-19(7-5-18)8-9-20-10-13-23-21(16-20)11-14-24(27(23)30)22-12-15-25(28)26(29)17-22/h11-12,14-19H,2-10,13H2,1H3. The molecule has 4 rings (SSSR count). The molecule has 2 aliphatic rings. The Morgan fingerprint density at radius 1 is 0.833 bits per heavy atom. The van der Waals surface area contributed by atoms with E-state index in [1.165, 1.54) is 56.6 Å². The van der Waals surface area contributed by atoms with Crippen molar-refractivity contribution in [3.63, 3.8) is 0 Å². The van der Waals surface area contributed by atoms with Gasteiger partial charge < -0.3 is 0 Å². The zero-order chi connectivity index (χ0) is 21.1. The van der Waals surface area contributed by atoms with Crippen LogP contribution in [0, 0.1) is 29.3 Å². The summed E-state index contributed by atoms with van der Waals surface area (Å²) in [4.78, 5) is 0. The third-order valence-electron chi connectivity index (χ3n) is 7.10. The van der Waals surface area contributed by atoms with Crippen LogP contribution in [-0.2, 0) is 6.42 Å². The highest BCUT2D eigenvalue weighted by Crippen LogP contribution is 2.37. The maximum atomic E-state index is 15.1. The van der Waals surface area contributed by atoms with Gasteiger partial charge in [0.2, 0.25) is 0 Å². The normalized spacial score (nSPS) is 21.3. The van der Waals surface area contributed by atoms with Crippen LogP contribution in [0.4, 0.5) is 13.2 Å². The Labute approximate surface area is 178 Å². The Bertz CT molecular complexity index is 920. The number of benzene rings is 2. The lowest BCUT2D eigenvalue weighted by Gasteiger charge is -2.29. The highest BCUT2D eigenvalue weighted by Gasteiger charge is 2.22. The number of hydrogen-bond acceptors (Lipinski definition) is 0. The number of hydrogen-bond donors (Lipinski definition) is 0. The second-order valence-electron chi connectivity index (χ2n) is 9.14. The van der Waals surface area contributed by atoms with Crippen LogP contribution in [0.1, 0.15) is 75.8 Å². The van der Waals surface area contributed by atoms with E-state index in [0.717, 1.165) is 42.4 Å². The predicted molar refractivity (Wildman–Crippen MR) is 118 cm³/mol. The molecule has 30 heavy (non-hydrogen) atoms. The van der Waals surface area contributed by atoms with E-state index in [4.69, 9.17) is 0 Å². The molecule has 1 saturated carbocycles. The molecule has 3 heteroatoms. The average molecular weight is 413 g/mol. The number of rotatable bonds is 6. The molecule has 0 aliphatic heterocycles. The zero-order valence-corrected chi connectivity index (χ0v) is 17.8. The maximum Gasteiger partial charge on any atom is 0.159 e. The van der Waals surface area contributed by atoms with Gasteiger partial charge in [-0.15, -0.1) is 0 Å². The molecule has 160 valence electrons. The molecule has 0 saturated heterocycles. The smallest absolute Gasteiger partial charge is 0.159 e. The lowest BCUT2D eigenvalue weighted by Crippen LogP contribution is -2.15. The van der Waals surface area contributed by atoms with E-state index < -0.39 is 11.6 Å². The lowest BCUT2D eigenvalue weighted by molar-refractivity contribution is 0.252. The summed E-state index contributed by atoms with van der Waals surface area (Å²) in [5.41, 5.74) is 3.77. The van der Waals surface area contributed by atoms with Crippen LogP contribution >= 0.6 is 0 Å². The van der Waals surface area contributed by atoms with Crippen LogP contribution in [0.15, 0.2) is 35.9 Å². The highest BCUT2D eigenvalue weighted by atomic mass is 19.2. The Morgan fingerprint density at radius 2 is 1.57 bits per heavy atom. The molecule has 0 bridgehead atoms. The topological polar surface area (TPSA) is 0 Å². The second-order valence-corrected chi connectivity index (χ2v) is 9.14. The lowest BCUT2D eigenvalue weighted by atomic mass is 9.77. The first-order valence-corrected chi connectivity index (χ1v) is 11.5. The highest BCUT2D eigenvalue weighted by molar-refractivity contribution is 5.70. The van der Waals surface area contributed by atoms with Crippen LogP contribution in [-0.4, -0.2) is 0 Å². The van der Waals surface area contributed by atoms with Gasteiger partial charge >= 0.3 is 0 Å². The predicted octanol–water partition coefficient (Wildman–Crippen LogP) is 8.49. The second kappa shape index (κ2) is 9.41. The van der Waals surface area contributed by atoms with Gasteiger partial charge in [0.15, 0.2) is 11.6 Å². The third-order valence-corrected chi connectivity index (χ3v) is 7.10. The van der Waals surface area contributed by atoms with E-state index in [1.54, 1.807) is 6.07 Å². The van der Waals surface area contributed by atoms with E-state index in [2.05, 4.69) is 13.0 Å². The summed E-state index contributed by atoms with van der Waals surface area (Å²) in [6.07, 6.45) is 14.2. The van der Waals surface area contributed by atoms with Crippen LogP contribution in [0.5, 0.6) is 0 Å². The molecule has 0 heterocycles. The van der Waals surface area contributed by atoms with Crippen molar-refractivity contribution in [2.24, 2.45) is 11.8 Å². The molecule has 2 aromatic carbocycles. The van der Waals surface area contributed by atoms with E-state index in [-0.39, 0.29) is 5.82 Å². The van der Waals surface area contributed by atoms with Crippen molar-refractivity contribution < 1.29 is 13.2 Å². The van der Waals surface area contributed by atoms with Crippen molar-refractivity contribution in [1.82, 2.24) is 0 Å². The van der Waals surface area contributed by atoms with Crippen molar-refractivity contribution in [2.45, 2.75) is 71.1 Å². The van der Waals surface area contributed by atoms with Crippen LogP contribution < -0.4 is 0 Å². The molecule has 0 N–H and O–H groups in total. The number of fused-ring (bicyclic) bond motifs is 1. The molecule has 0 radical (unpaired) electrons. The van der Waals surface area contributed by atoms with Crippen molar-refractivity contribution in [3.8, 4) is 11.1 Å². The van der Waals surface area contributed by atoms with Gasteiger partial charge in [-0.2, -0.15) is 0 Å². The van der Waals surface area contributed by atoms with Crippen molar-refractivity contribution >= 4 is 6.08 Å².